The third-order valence-corrected chi connectivity index (χ3v) is 7.80. The van der Waals surface area contributed by atoms with Gasteiger partial charge in [-0.3, -0.25) is 4.99 Å². The van der Waals surface area contributed by atoms with Gasteiger partial charge in [-0.2, -0.15) is 0 Å². The number of thioether (sulfide) groups is 1. The lowest BCUT2D eigenvalue weighted by molar-refractivity contribution is 0.601. The van der Waals surface area contributed by atoms with Crippen LogP contribution in [0.5, 0.6) is 0 Å². The van der Waals surface area contributed by atoms with Crippen LogP contribution < -0.4 is 4.90 Å². The van der Waals surface area contributed by atoms with Crippen LogP contribution in [-0.4, -0.2) is 37.2 Å². The minimum atomic E-state index is -3.04. The molecule has 0 saturated carbocycles. The van der Waals surface area contributed by atoms with Crippen molar-refractivity contribution in [2.45, 2.75) is 24.8 Å². The van der Waals surface area contributed by atoms with E-state index in [0.717, 1.165) is 16.6 Å². The molecule has 2 atom stereocenters. The molecule has 2 aliphatic heterocycles. The average Bonchev–Trinajstić information content (AvgIpc) is 3.06. The molecule has 2 heterocycles. The zero-order chi connectivity index (χ0) is 18.3. The molecule has 26 heavy (non-hydrogen) atoms. The second-order valence-corrected chi connectivity index (χ2v) is 10.2. The summed E-state index contributed by atoms with van der Waals surface area (Å²) in [6.07, 6.45) is 0. The summed E-state index contributed by atoms with van der Waals surface area (Å²) in [5.41, 5.74) is 3.45. The van der Waals surface area contributed by atoms with Crippen LogP contribution >= 0.6 is 23.4 Å². The molecule has 4 nitrogen and oxygen atoms in total. The van der Waals surface area contributed by atoms with Gasteiger partial charge in [0.2, 0.25) is 0 Å². The van der Waals surface area contributed by atoms with Gasteiger partial charge in [0.25, 0.3) is 0 Å². The van der Waals surface area contributed by atoms with Gasteiger partial charge in [-0.1, -0.05) is 47.6 Å². The van der Waals surface area contributed by atoms with Crippen molar-refractivity contribution in [1.29, 1.82) is 0 Å². The summed E-state index contributed by atoms with van der Waals surface area (Å²) in [7, 11) is -3.04. The summed E-state index contributed by atoms with van der Waals surface area (Å²) in [4.78, 5) is 6.84. The predicted octanol–water partition coefficient (Wildman–Crippen LogP) is 3.92. The number of amidine groups is 1. The van der Waals surface area contributed by atoms with Crippen LogP contribution in [0.4, 0.5) is 5.69 Å². The topological polar surface area (TPSA) is 49.7 Å². The van der Waals surface area contributed by atoms with Gasteiger partial charge in [0.05, 0.1) is 23.6 Å². The van der Waals surface area contributed by atoms with E-state index in [4.69, 9.17) is 16.6 Å². The van der Waals surface area contributed by atoms with E-state index in [2.05, 4.69) is 24.0 Å². The first-order valence-corrected chi connectivity index (χ1v) is 11.6. The highest BCUT2D eigenvalue weighted by atomic mass is 35.5. The third-order valence-electron chi connectivity index (χ3n) is 4.83. The molecule has 0 N–H and O–H groups in total. The van der Waals surface area contributed by atoms with Crippen molar-refractivity contribution in [2.24, 2.45) is 4.99 Å². The Labute approximate surface area is 163 Å². The Kier molecular flexibility index (Phi) is 4.75. The number of benzene rings is 2. The summed E-state index contributed by atoms with van der Waals surface area (Å²) in [6, 6.07) is 15.5. The molecular weight excluding hydrogens is 388 g/mol. The Morgan fingerprint density at radius 1 is 1.15 bits per heavy atom. The predicted molar refractivity (Wildman–Crippen MR) is 110 cm³/mol. The molecule has 0 spiro atoms. The zero-order valence-electron chi connectivity index (χ0n) is 14.3. The minimum absolute atomic E-state index is 0.124. The maximum Gasteiger partial charge on any atom is 0.164 e. The summed E-state index contributed by atoms with van der Waals surface area (Å²) >= 11 is 7.68. The highest BCUT2D eigenvalue weighted by molar-refractivity contribution is 8.13. The number of nitrogens with zero attached hydrogens (tertiary/aromatic N) is 2. The van der Waals surface area contributed by atoms with Gasteiger partial charge in [0.15, 0.2) is 15.0 Å². The standard InChI is InChI=1S/C19H19ClN2O2S2/c1-13-4-2-3-5-14(13)10-25-19-21-17-11-26(23,24)12-18(17)22(19)16-8-6-15(20)7-9-16/h2-9,17-18H,10-12H2,1H3/t17-,18+/m0/s1. The number of hydrogen-bond donors (Lipinski definition) is 0. The van der Waals surface area contributed by atoms with Crippen molar-refractivity contribution >= 4 is 44.1 Å². The third kappa shape index (κ3) is 3.50. The van der Waals surface area contributed by atoms with Crippen LogP contribution in [0.15, 0.2) is 53.5 Å². The van der Waals surface area contributed by atoms with Crippen molar-refractivity contribution in [3.05, 3.63) is 64.7 Å². The molecule has 7 heteroatoms. The summed E-state index contributed by atoms with van der Waals surface area (Å²) in [5.74, 6) is 1.09. The van der Waals surface area contributed by atoms with Gasteiger partial charge in [-0.25, -0.2) is 8.42 Å². The van der Waals surface area contributed by atoms with Gasteiger partial charge in [0.1, 0.15) is 0 Å². The summed E-state index contributed by atoms with van der Waals surface area (Å²) < 4.78 is 24.2. The van der Waals surface area contributed by atoms with E-state index in [-0.39, 0.29) is 23.6 Å². The number of hydrogen-bond acceptors (Lipinski definition) is 5. The number of aliphatic imine (C=N–C) groups is 1. The van der Waals surface area contributed by atoms with Crippen molar-refractivity contribution in [2.75, 3.05) is 16.4 Å². The minimum Gasteiger partial charge on any atom is -0.315 e. The van der Waals surface area contributed by atoms with E-state index < -0.39 is 9.84 Å². The van der Waals surface area contributed by atoms with Crippen LogP contribution in [0.25, 0.3) is 0 Å². The van der Waals surface area contributed by atoms with Crippen LogP contribution in [0.2, 0.25) is 5.02 Å². The Morgan fingerprint density at radius 2 is 1.88 bits per heavy atom. The Morgan fingerprint density at radius 3 is 2.62 bits per heavy atom. The highest BCUT2D eigenvalue weighted by Gasteiger charge is 2.47. The Hall–Kier alpha value is -1.50. The molecule has 0 bridgehead atoms. The summed E-state index contributed by atoms with van der Waals surface area (Å²) in [6.45, 7) is 2.10. The van der Waals surface area contributed by atoms with Crippen LogP contribution in [0.1, 0.15) is 11.1 Å². The first kappa shape index (κ1) is 17.9. The molecule has 1 saturated heterocycles. The van der Waals surface area contributed by atoms with E-state index in [1.807, 2.05) is 36.4 Å². The molecule has 2 aromatic carbocycles. The monoisotopic (exact) mass is 406 g/mol. The van der Waals surface area contributed by atoms with E-state index in [9.17, 15) is 8.42 Å². The number of halogens is 1. The average molecular weight is 407 g/mol. The smallest absolute Gasteiger partial charge is 0.164 e. The van der Waals surface area contributed by atoms with Crippen LogP contribution in [-0.2, 0) is 15.6 Å². The number of sulfone groups is 1. The van der Waals surface area contributed by atoms with E-state index in [0.29, 0.717) is 5.02 Å². The first-order valence-electron chi connectivity index (χ1n) is 8.43. The lowest BCUT2D eigenvalue weighted by atomic mass is 10.1. The lowest BCUT2D eigenvalue weighted by Crippen LogP contribution is -2.39. The van der Waals surface area contributed by atoms with Gasteiger partial charge in [-0.05, 0) is 42.3 Å². The fourth-order valence-electron chi connectivity index (χ4n) is 3.45. The Balaban J connectivity index is 1.63. The van der Waals surface area contributed by atoms with E-state index >= 15 is 0 Å². The van der Waals surface area contributed by atoms with E-state index in [1.165, 1.54) is 11.1 Å². The molecule has 0 unspecified atom stereocenters. The quantitative estimate of drug-likeness (QED) is 0.775. The van der Waals surface area contributed by atoms with Crippen molar-refractivity contribution in [3.63, 3.8) is 0 Å². The van der Waals surface area contributed by atoms with Gasteiger partial charge < -0.3 is 4.90 Å². The number of rotatable bonds is 3. The molecule has 1 fully saturated rings. The maximum atomic E-state index is 12.1. The van der Waals surface area contributed by atoms with Gasteiger partial charge >= 0.3 is 0 Å². The number of aryl methyl sites for hydroxylation is 1. The fraction of sp³-hybridized carbons (Fsp3) is 0.316. The highest BCUT2D eigenvalue weighted by Crippen LogP contribution is 2.36. The molecule has 2 aromatic rings. The largest absolute Gasteiger partial charge is 0.315 e. The van der Waals surface area contributed by atoms with Crippen LogP contribution in [0, 0.1) is 6.92 Å². The molecule has 0 amide bonds. The number of fused-ring (bicyclic) bond motifs is 1. The molecule has 2 aliphatic rings. The first-order chi connectivity index (χ1) is 12.4. The SMILES string of the molecule is Cc1ccccc1CSC1=N[C@H]2CS(=O)(=O)C[C@H]2N1c1ccc(Cl)cc1. The van der Waals surface area contributed by atoms with Gasteiger partial charge in [-0.15, -0.1) is 0 Å². The fourth-order valence-corrected chi connectivity index (χ4v) is 6.62. The van der Waals surface area contributed by atoms with Crippen molar-refractivity contribution in [1.82, 2.24) is 0 Å². The van der Waals surface area contributed by atoms with Gasteiger partial charge in [0, 0.05) is 16.5 Å². The molecule has 0 radical (unpaired) electrons. The van der Waals surface area contributed by atoms with Crippen molar-refractivity contribution < 1.29 is 8.42 Å². The second kappa shape index (κ2) is 6.91. The summed E-state index contributed by atoms with van der Waals surface area (Å²) in [5, 5.41) is 1.55. The maximum absolute atomic E-state index is 12.1. The lowest BCUT2D eigenvalue weighted by Gasteiger charge is -2.26. The van der Waals surface area contributed by atoms with E-state index in [1.54, 1.807) is 11.8 Å². The molecule has 136 valence electrons. The molecular formula is C19H19ClN2O2S2. The second-order valence-electron chi connectivity index (χ2n) is 6.68. The number of anilines is 1. The zero-order valence-corrected chi connectivity index (χ0v) is 16.7. The molecule has 0 aliphatic carbocycles. The molecule has 4 rings (SSSR count). The van der Waals surface area contributed by atoms with Crippen molar-refractivity contribution in [3.8, 4) is 0 Å². The van der Waals surface area contributed by atoms with Crippen LogP contribution in [0.3, 0.4) is 0 Å². The normalized spacial score (nSPS) is 23.8. The Bertz CT molecular complexity index is 958. The molecule has 0 aromatic heterocycles.